The number of hydrogen-bond donors (Lipinski definition) is 1. The van der Waals surface area contributed by atoms with E-state index in [0.717, 1.165) is 28.6 Å². The monoisotopic (exact) mass is 309 g/mol. The number of rotatable bonds is 3. The van der Waals surface area contributed by atoms with Crippen molar-refractivity contribution < 1.29 is 9.90 Å². The third-order valence-electron chi connectivity index (χ3n) is 4.69. The van der Waals surface area contributed by atoms with Gasteiger partial charge in [-0.1, -0.05) is 34.6 Å². The molecule has 1 aliphatic carbocycles. The number of carboxylic acids is 1. The molecule has 1 aromatic heterocycles. The Balaban J connectivity index is 2.18. The van der Waals surface area contributed by atoms with E-state index in [2.05, 4.69) is 39.6 Å². The van der Waals surface area contributed by atoms with E-state index >= 15 is 0 Å². The Bertz CT molecular complexity index is 505. The van der Waals surface area contributed by atoms with Gasteiger partial charge in [0.2, 0.25) is 0 Å². The minimum atomic E-state index is -0.869. The Kier molecular flexibility index (Phi) is 4.76. The highest BCUT2D eigenvalue weighted by molar-refractivity contribution is 7.12. The van der Waals surface area contributed by atoms with Gasteiger partial charge in [-0.05, 0) is 42.9 Å². The molecule has 4 heteroatoms. The van der Waals surface area contributed by atoms with Crippen LogP contribution in [0.5, 0.6) is 0 Å². The lowest BCUT2D eigenvalue weighted by Crippen LogP contribution is -2.25. The molecule has 1 heterocycles. The van der Waals surface area contributed by atoms with Crippen LogP contribution in [0.3, 0.4) is 0 Å². The summed E-state index contributed by atoms with van der Waals surface area (Å²) < 4.78 is 0. The van der Waals surface area contributed by atoms with Crippen molar-refractivity contribution >= 4 is 17.3 Å². The van der Waals surface area contributed by atoms with Crippen molar-refractivity contribution in [3.05, 3.63) is 15.6 Å². The Morgan fingerprint density at radius 1 is 1.24 bits per heavy atom. The van der Waals surface area contributed by atoms with Crippen molar-refractivity contribution in [2.24, 2.45) is 11.3 Å². The Hall–Kier alpha value is -0.900. The summed E-state index contributed by atoms with van der Waals surface area (Å²) in [6.07, 6.45) is 4.59. The minimum absolute atomic E-state index is 0.299. The van der Waals surface area contributed by atoms with Gasteiger partial charge in [-0.2, -0.15) is 0 Å². The van der Waals surface area contributed by atoms with Crippen molar-refractivity contribution in [3.8, 4) is 0 Å². The molecule has 3 nitrogen and oxygen atoms in total. The Morgan fingerprint density at radius 3 is 2.24 bits per heavy atom. The summed E-state index contributed by atoms with van der Waals surface area (Å²) in [5.74, 6) is 0.568. The number of carbonyl (C=O) groups is 1. The lowest BCUT2D eigenvalue weighted by molar-refractivity contribution is 0.0688. The third kappa shape index (κ3) is 3.65. The van der Waals surface area contributed by atoms with Crippen LogP contribution in [-0.2, 0) is 0 Å². The van der Waals surface area contributed by atoms with E-state index in [1.165, 1.54) is 12.8 Å². The highest BCUT2D eigenvalue weighted by atomic mass is 32.1. The lowest BCUT2D eigenvalue weighted by Gasteiger charge is -2.36. The van der Waals surface area contributed by atoms with Gasteiger partial charge >= 0.3 is 5.97 Å². The van der Waals surface area contributed by atoms with Gasteiger partial charge < -0.3 is 5.11 Å². The summed E-state index contributed by atoms with van der Waals surface area (Å²) in [4.78, 5) is 16.9. The van der Waals surface area contributed by atoms with Crippen molar-refractivity contribution in [2.45, 2.75) is 72.1 Å². The predicted molar refractivity (Wildman–Crippen MR) is 87.3 cm³/mol. The summed E-state index contributed by atoms with van der Waals surface area (Å²) in [6, 6.07) is 0. The Labute approximate surface area is 131 Å². The molecule has 0 radical (unpaired) electrons. The number of aromatic nitrogens is 1. The van der Waals surface area contributed by atoms with Crippen molar-refractivity contribution in [1.82, 2.24) is 4.98 Å². The average molecular weight is 309 g/mol. The van der Waals surface area contributed by atoms with Crippen LogP contribution in [0.1, 0.15) is 92.5 Å². The molecule has 1 fully saturated rings. The lowest BCUT2D eigenvalue weighted by atomic mass is 9.69. The van der Waals surface area contributed by atoms with Crippen LogP contribution in [0.2, 0.25) is 0 Å². The fourth-order valence-electron chi connectivity index (χ4n) is 3.25. The maximum absolute atomic E-state index is 11.5. The number of hydrogen-bond acceptors (Lipinski definition) is 3. The van der Waals surface area contributed by atoms with E-state index in [1.54, 1.807) is 11.3 Å². The second-order valence-corrected chi connectivity index (χ2v) is 8.70. The first-order valence-corrected chi connectivity index (χ1v) is 8.75. The summed E-state index contributed by atoms with van der Waals surface area (Å²) in [5.41, 5.74) is 0.667. The van der Waals surface area contributed by atoms with Crippen LogP contribution in [0.4, 0.5) is 0 Å². The molecule has 1 aliphatic rings. The van der Waals surface area contributed by atoms with Crippen molar-refractivity contribution in [3.63, 3.8) is 0 Å². The smallest absolute Gasteiger partial charge is 0.355 e. The van der Waals surface area contributed by atoms with E-state index in [1.807, 2.05) is 0 Å². The second kappa shape index (κ2) is 6.07. The molecular weight excluding hydrogens is 282 g/mol. The molecule has 0 aliphatic heterocycles. The molecule has 21 heavy (non-hydrogen) atoms. The maximum atomic E-state index is 11.5. The maximum Gasteiger partial charge on any atom is 0.355 e. The second-order valence-electron chi connectivity index (χ2n) is 7.64. The number of nitrogens with zero attached hydrogens (tertiary/aromatic N) is 1. The van der Waals surface area contributed by atoms with Crippen LogP contribution in [0.25, 0.3) is 0 Å². The van der Waals surface area contributed by atoms with E-state index in [0.29, 0.717) is 22.9 Å². The first kappa shape index (κ1) is 16.5. The molecule has 1 aromatic rings. The molecule has 0 amide bonds. The van der Waals surface area contributed by atoms with Gasteiger partial charge in [0.15, 0.2) is 5.69 Å². The zero-order valence-electron chi connectivity index (χ0n) is 13.8. The molecule has 0 saturated heterocycles. The molecule has 1 saturated carbocycles. The summed E-state index contributed by atoms with van der Waals surface area (Å²) in [6.45, 7) is 11.1. The summed E-state index contributed by atoms with van der Waals surface area (Å²) in [5, 5.41) is 10.4. The van der Waals surface area contributed by atoms with E-state index < -0.39 is 5.97 Å². The number of thiazole rings is 1. The van der Waals surface area contributed by atoms with Crippen LogP contribution in [0, 0.1) is 11.3 Å². The predicted octanol–water partition coefficient (Wildman–Crippen LogP) is 5.28. The largest absolute Gasteiger partial charge is 0.476 e. The quantitative estimate of drug-likeness (QED) is 0.826. The molecule has 1 N–H and O–H groups in total. The number of aromatic carboxylic acids is 1. The topological polar surface area (TPSA) is 50.2 Å². The van der Waals surface area contributed by atoms with Crippen LogP contribution >= 0.6 is 11.3 Å². The molecule has 0 unspecified atom stereocenters. The summed E-state index contributed by atoms with van der Waals surface area (Å²) >= 11 is 1.62. The standard InChI is InChI=1S/C17H27NO2S/c1-10(2)15-18-13(16(19)20)14(21-15)11-6-8-12(9-7-11)17(3,4)5/h10-12H,6-9H2,1-5H3,(H,19,20). The van der Waals surface area contributed by atoms with Gasteiger partial charge in [0.05, 0.1) is 5.01 Å². The van der Waals surface area contributed by atoms with Gasteiger partial charge in [0.25, 0.3) is 0 Å². The highest BCUT2D eigenvalue weighted by Gasteiger charge is 2.33. The van der Waals surface area contributed by atoms with Crippen LogP contribution in [-0.4, -0.2) is 16.1 Å². The first-order valence-electron chi connectivity index (χ1n) is 7.94. The zero-order chi connectivity index (χ0) is 15.8. The first-order chi connectivity index (χ1) is 9.70. The molecule has 0 spiro atoms. The van der Waals surface area contributed by atoms with E-state index in [9.17, 15) is 9.90 Å². The Morgan fingerprint density at radius 2 is 1.81 bits per heavy atom. The van der Waals surface area contributed by atoms with Crippen molar-refractivity contribution in [1.29, 1.82) is 0 Å². The van der Waals surface area contributed by atoms with Gasteiger partial charge in [0.1, 0.15) is 0 Å². The normalized spacial score (nSPS) is 23.5. The molecular formula is C17H27NO2S. The SMILES string of the molecule is CC(C)c1nc(C(=O)O)c(C2CCC(C(C)(C)C)CC2)s1. The van der Waals surface area contributed by atoms with Crippen molar-refractivity contribution in [2.75, 3.05) is 0 Å². The van der Waals surface area contributed by atoms with Gasteiger partial charge in [0, 0.05) is 10.8 Å². The minimum Gasteiger partial charge on any atom is -0.476 e. The number of carboxylic acid groups (broad SMARTS) is 1. The molecule has 118 valence electrons. The van der Waals surface area contributed by atoms with Gasteiger partial charge in [-0.15, -0.1) is 11.3 Å². The summed E-state index contributed by atoms with van der Waals surface area (Å²) in [7, 11) is 0. The molecule has 2 rings (SSSR count). The van der Waals surface area contributed by atoms with Gasteiger partial charge in [-0.25, -0.2) is 9.78 Å². The highest BCUT2D eigenvalue weighted by Crippen LogP contribution is 2.45. The van der Waals surface area contributed by atoms with E-state index in [4.69, 9.17) is 0 Å². The molecule has 0 bridgehead atoms. The van der Waals surface area contributed by atoms with Crippen LogP contribution < -0.4 is 0 Å². The fraction of sp³-hybridized carbons (Fsp3) is 0.765. The fourth-order valence-corrected chi connectivity index (χ4v) is 4.48. The molecule has 0 aromatic carbocycles. The third-order valence-corrected chi connectivity index (χ3v) is 6.21. The average Bonchev–Trinajstić information content (AvgIpc) is 2.83. The van der Waals surface area contributed by atoms with Crippen LogP contribution in [0.15, 0.2) is 0 Å². The van der Waals surface area contributed by atoms with E-state index in [-0.39, 0.29) is 0 Å². The molecule has 0 atom stereocenters. The zero-order valence-corrected chi connectivity index (χ0v) is 14.6. The van der Waals surface area contributed by atoms with Gasteiger partial charge in [-0.3, -0.25) is 0 Å².